The van der Waals surface area contributed by atoms with Crippen molar-refractivity contribution < 1.29 is 9.59 Å². The summed E-state index contributed by atoms with van der Waals surface area (Å²) in [4.78, 5) is 28.4. The number of nitrogens with one attached hydrogen (secondary N) is 1. The van der Waals surface area contributed by atoms with Gasteiger partial charge in [-0.2, -0.15) is 0 Å². The van der Waals surface area contributed by atoms with Gasteiger partial charge in [-0.25, -0.2) is 0 Å². The second kappa shape index (κ2) is 8.19. The van der Waals surface area contributed by atoms with Crippen molar-refractivity contribution in [3.05, 3.63) is 64.4 Å². The highest BCUT2D eigenvalue weighted by atomic mass is 32.1. The van der Waals surface area contributed by atoms with Gasteiger partial charge in [-0.15, -0.1) is 11.3 Å². The molecule has 0 radical (unpaired) electrons. The van der Waals surface area contributed by atoms with E-state index in [1.165, 1.54) is 21.3 Å². The minimum atomic E-state index is -0.125. The van der Waals surface area contributed by atoms with Gasteiger partial charge in [0.25, 0.3) is 0 Å². The summed E-state index contributed by atoms with van der Waals surface area (Å²) in [6.07, 6.45) is 1.35. The van der Waals surface area contributed by atoms with E-state index in [1.807, 2.05) is 23.1 Å². The Bertz CT molecular complexity index is 1290. The first kappa shape index (κ1) is 19.8. The smallest absolute Gasteiger partial charge is 0.224 e. The second-order valence-electron chi connectivity index (χ2n) is 7.98. The van der Waals surface area contributed by atoms with E-state index in [-0.39, 0.29) is 24.7 Å². The third kappa shape index (κ3) is 3.72. The van der Waals surface area contributed by atoms with E-state index in [2.05, 4.69) is 52.5 Å². The Kier molecular flexibility index (Phi) is 5.24. The van der Waals surface area contributed by atoms with Crippen LogP contribution in [0.1, 0.15) is 30.2 Å². The molecule has 2 aromatic heterocycles. The minimum absolute atomic E-state index is 0.0495. The van der Waals surface area contributed by atoms with Crippen LogP contribution in [0.15, 0.2) is 53.9 Å². The van der Waals surface area contributed by atoms with Crippen LogP contribution in [0.3, 0.4) is 0 Å². The molecule has 31 heavy (non-hydrogen) atoms. The molecule has 2 aromatic carbocycles. The van der Waals surface area contributed by atoms with Crippen molar-refractivity contribution >= 4 is 50.6 Å². The van der Waals surface area contributed by atoms with Crippen molar-refractivity contribution in [1.82, 2.24) is 9.47 Å². The number of benzene rings is 2. The lowest BCUT2D eigenvalue weighted by atomic mass is 10.1. The fourth-order valence-corrected chi connectivity index (χ4v) is 5.43. The van der Waals surface area contributed by atoms with Gasteiger partial charge >= 0.3 is 0 Å². The lowest BCUT2D eigenvalue weighted by Gasteiger charge is -2.27. The summed E-state index contributed by atoms with van der Waals surface area (Å²) in [5.74, 6) is -0.0753. The molecule has 0 saturated heterocycles. The van der Waals surface area contributed by atoms with Crippen LogP contribution in [0.4, 0.5) is 5.69 Å². The van der Waals surface area contributed by atoms with Crippen LogP contribution in [-0.4, -0.2) is 27.8 Å². The van der Waals surface area contributed by atoms with Crippen molar-refractivity contribution in [2.45, 2.75) is 39.3 Å². The fraction of sp³-hybridized carbons (Fsp3) is 0.280. The summed E-state index contributed by atoms with van der Waals surface area (Å²) in [5, 5.41) is 7.38. The van der Waals surface area contributed by atoms with Gasteiger partial charge < -0.3 is 14.8 Å². The zero-order valence-corrected chi connectivity index (χ0v) is 18.4. The van der Waals surface area contributed by atoms with Crippen LogP contribution >= 0.6 is 11.3 Å². The number of thiophene rings is 1. The summed E-state index contributed by atoms with van der Waals surface area (Å²) >= 11 is 1.76. The predicted octanol–water partition coefficient (Wildman–Crippen LogP) is 5.18. The number of rotatable bonds is 5. The maximum atomic E-state index is 12.6. The molecule has 1 aliphatic heterocycles. The monoisotopic (exact) mass is 431 g/mol. The Morgan fingerprint density at radius 3 is 2.74 bits per heavy atom. The molecule has 5 nitrogen and oxygen atoms in total. The van der Waals surface area contributed by atoms with Gasteiger partial charge in [-0.1, -0.05) is 18.2 Å². The lowest BCUT2D eigenvalue weighted by Crippen LogP contribution is -2.35. The van der Waals surface area contributed by atoms with E-state index in [9.17, 15) is 9.59 Å². The number of carbonyl (C=O) groups excluding carboxylic acids is 2. The van der Waals surface area contributed by atoms with Crippen molar-refractivity contribution in [3.8, 4) is 0 Å². The number of nitrogens with zero attached hydrogens (tertiary/aromatic N) is 2. The lowest BCUT2D eigenvalue weighted by molar-refractivity contribution is -0.133. The Labute approximate surface area is 185 Å². The molecule has 2 amide bonds. The average molecular weight is 432 g/mol. The first-order valence-corrected chi connectivity index (χ1v) is 11.7. The molecule has 0 unspecified atom stereocenters. The van der Waals surface area contributed by atoms with E-state index in [4.69, 9.17) is 0 Å². The number of aryl methyl sites for hydroxylation is 1. The van der Waals surface area contributed by atoms with Gasteiger partial charge in [-0.3, -0.25) is 9.59 Å². The van der Waals surface area contributed by atoms with Crippen LogP contribution in [-0.2, 0) is 29.1 Å². The Balaban J connectivity index is 1.25. The molecule has 0 saturated carbocycles. The molecule has 6 heteroatoms. The summed E-state index contributed by atoms with van der Waals surface area (Å²) in [7, 11) is 0. The number of fused-ring (bicyclic) bond motifs is 4. The molecule has 158 valence electrons. The van der Waals surface area contributed by atoms with Gasteiger partial charge in [0.05, 0.1) is 0 Å². The summed E-state index contributed by atoms with van der Waals surface area (Å²) in [6, 6.07) is 16.5. The normalized spacial score (nSPS) is 13.5. The number of para-hydroxylation sites is 1. The van der Waals surface area contributed by atoms with Gasteiger partial charge in [-0.05, 0) is 54.6 Å². The molecule has 0 fully saturated rings. The van der Waals surface area contributed by atoms with Crippen LogP contribution in [0.5, 0.6) is 0 Å². The number of hydrogen-bond donors (Lipinski definition) is 1. The second-order valence-corrected chi connectivity index (χ2v) is 8.98. The van der Waals surface area contributed by atoms with E-state index in [0.29, 0.717) is 6.54 Å². The number of amides is 2. The number of anilines is 1. The highest BCUT2D eigenvalue weighted by Gasteiger charge is 2.22. The molecular weight excluding hydrogens is 406 g/mol. The first-order chi connectivity index (χ1) is 15.1. The van der Waals surface area contributed by atoms with Crippen molar-refractivity contribution in [2.24, 2.45) is 0 Å². The molecule has 0 bridgehead atoms. The Hall–Kier alpha value is -3.12. The number of carbonyl (C=O) groups is 2. The quantitative estimate of drug-likeness (QED) is 0.473. The molecular formula is C25H25N3O2S. The van der Waals surface area contributed by atoms with Crippen LogP contribution in [0, 0.1) is 0 Å². The zero-order valence-electron chi connectivity index (χ0n) is 17.6. The van der Waals surface area contributed by atoms with E-state index >= 15 is 0 Å². The standard InChI is InChI=1S/C25H25N3O2S/c1-2-28-21-6-4-3-5-19(21)20-15-18(7-8-22(20)28)26-24(29)9-10-25(30)27-13-11-23-17(16-27)12-14-31-23/h3-8,12,14-15H,2,9-11,13,16H2,1H3,(H,26,29). The molecule has 0 aliphatic carbocycles. The average Bonchev–Trinajstić information content (AvgIpc) is 3.39. The molecule has 0 spiro atoms. The molecule has 4 aromatic rings. The van der Waals surface area contributed by atoms with Crippen molar-refractivity contribution in [2.75, 3.05) is 11.9 Å². The third-order valence-electron chi connectivity index (χ3n) is 6.10. The molecule has 3 heterocycles. The molecule has 0 atom stereocenters. The van der Waals surface area contributed by atoms with Crippen molar-refractivity contribution in [1.29, 1.82) is 0 Å². The Morgan fingerprint density at radius 1 is 1.03 bits per heavy atom. The van der Waals surface area contributed by atoms with Gasteiger partial charge in [0.15, 0.2) is 0 Å². The maximum absolute atomic E-state index is 12.6. The van der Waals surface area contributed by atoms with Crippen LogP contribution in [0.25, 0.3) is 21.8 Å². The summed E-state index contributed by atoms with van der Waals surface area (Å²) in [6.45, 7) is 4.44. The molecule has 1 aliphatic rings. The van der Waals surface area contributed by atoms with E-state index in [1.54, 1.807) is 11.3 Å². The van der Waals surface area contributed by atoms with Gasteiger partial charge in [0, 0.05) is 64.8 Å². The van der Waals surface area contributed by atoms with Crippen molar-refractivity contribution in [3.63, 3.8) is 0 Å². The number of aromatic nitrogens is 1. The van der Waals surface area contributed by atoms with Gasteiger partial charge in [0.2, 0.25) is 11.8 Å². The van der Waals surface area contributed by atoms with Crippen LogP contribution in [0.2, 0.25) is 0 Å². The van der Waals surface area contributed by atoms with E-state index < -0.39 is 0 Å². The predicted molar refractivity (Wildman–Crippen MR) is 126 cm³/mol. The summed E-state index contributed by atoms with van der Waals surface area (Å²) < 4.78 is 2.28. The summed E-state index contributed by atoms with van der Waals surface area (Å²) in [5.41, 5.74) is 4.37. The zero-order chi connectivity index (χ0) is 21.4. The fourth-order valence-electron chi connectivity index (χ4n) is 4.54. The number of hydrogen-bond acceptors (Lipinski definition) is 3. The van der Waals surface area contributed by atoms with Gasteiger partial charge in [0.1, 0.15) is 0 Å². The van der Waals surface area contributed by atoms with E-state index in [0.717, 1.165) is 36.1 Å². The maximum Gasteiger partial charge on any atom is 0.224 e. The largest absolute Gasteiger partial charge is 0.341 e. The SMILES string of the molecule is CCn1c2ccccc2c2cc(NC(=O)CCC(=O)N3CCc4sccc4C3)ccc21. The Morgan fingerprint density at radius 2 is 1.87 bits per heavy atom. The highest BCUT2D eigenvalue weighted by molar-refractivity contribution is 7.10. The minimum Gasteiger partial charge on any atom is -0.341 e. The first-order valence-electron chi connectivity index (χ1n) is 10.8. The van der Waals surface area contributed by atoms with Crippen LogP contribution < -0.4 is 5.32 Å². The molecule has 1 N–H and O–H groups in total. The third-order valence-corrected chi connectivity index (χ3v) is 7.12. The molecule has 5 rings (SSSR count). The highest BCUT2D eigenvalue weighted by Crippen LogP contribution is 2.31. The topological polar surface area (TPSA) is 54.3 Å².